The zero-order valence-electron chi connectivity index (χ0n) is 7.93. The Morgan fingerprint density at radius 1 is 1.38 bits per heavy atom. The maximum absolute atomic E-state index is 11.2. The van der Waals surface area contributed by atoms with E-state index in [1.807, 2.05) is 0 Å². The molecule has 0 aromatic rings. The Morgan fingerprint density at radius 3 is 2.46 bits per heavy atom. The molecule has 1 aliphatic carbocycles. The number of hydrogen-bond donors (Lipinski definition) is 1. The number of β-lactam (4-membered cyclic amide) rings is 1. The number of amides is 1. The third-order valence-electron chi connectivity index (χ3n) is 3.34. The maximum atomic E-state index is 11.2. The molecule has 2 aliphatic rings. The molecule has 3 heteroatoms. The third kappa shape index (κ3) is 1.18. The smallest absolute Gasteiger partial charge is 0.233 e. The lowest BCUT2D eigenvalue weighted by molar-refractivity contribution is -0.151. The van der Waals surface area contributed by atoms with Crippen molar-refractivity contribution < 1.29 is 9.59 Å². The molecule has 1 aliphatic heterocycles. The summed E-state index contributed by atoms with van der Waals surface area (Å²) in [4.78, 5) is 22.5. The van der Waals surface area contributed by atoms with Gasteiger partial charge in [-0.15, -0.1) is 0 Å². The molecule has 0 bridgehead atoms. The topological polar surface area (TPSA) is 46.2 Å². The van der Waals surface area contributed by atoms with E-state index in [-0.39, 0.29) is 23.1 Å². The fourth-order valence-corrected chi connectivity index (χ4v) is 2.73. The predicted molar refractivity (Wildman–Crippen MR) is 48.1 cm³/mol. The van der Waals surface area contributed by atoms with Crippen molar-refractivity contribution in [2.24, 2.45) is 5.92 Å². The highest BCUT2D eigenvalue weighted by molar-refractivity contribution is 6.07. The van der Waals surface area contributed by atoms with Crippen molar-refractivity contribution >= 4 is 11.7 Å². The van der Waals surface area contributed by atoms with Crippen LogP contribution in [0.3, 0.4) is 0 Å². The maximum Gasteiger partial charge on any atom is 0.233 e. The number of nitrogens with one attached hydrogen (secondary N) is 1. The zero-order chi connectivity index (χ0) is 9.47. The molecule has 1 amide bonds. The van der Waals surface area contributed by atoms with Crippen LogP contribution in [0.5, 0.6) is 0 Å². The van der Waals surface area contributed by atoms with Crippen LogP contribution in [0.25, 0.3) is 0 Å². The minimum absolute atomic E-state index is 0.0330. The van der Waals surface area contributed by atoms with Gasteiger partial charge in [0, 0.05) is 0 Å². The lowest BCUT2D eigenvalue weighted by Crippen LogP contribution is -2.71. The molecule has 1 spiro atoms. The van der Waals surface area contributed by atoms with Crippen molar-refractivity contribution in [1.29, 1.82) is 0 Å². The van der Waals surface area contributed by atoms with Gasteiger partial charge in [-0.3, -0.25) is 9.59 Å². The molecule has 1 N–H and O–H groups in total. The molecule has 2 fully saturated rings. The number of Topliss-reactive ketones (excluding diaryl/α,β-unsaturated/α-hetero) is 1. The van der Waals surface area contributed by atoms with E-state index in [1.54, 1.807) is 0 Å². The van der Waals surface area contributed by atoms with Gasteiger partial charge in [-0.25, -0.2) is 0 Å². The molecule has 1 atom stereocenters. The van der Waals surface area contributed by atoms with E-state index in [0.717, 1.165) is 25.7 Å². The molecule has 0 aromatic heterocycles. The molecule has 1 unspecified atom stereocenters. The Kier molecular flexibility index (Phi) is 1.90. The van der Waals surface area contributed by atoms with E-state index >= 15 is 0 Å². The van der Waals surface area contributed by atoms with Gasteiger partial charge in [-0.2, -0.15) is 0 Å². The van der Waals surface area contributed by atoms with Crippen LogP contribution in [-0.2, 0) is 9.59 Å². The minimum Gasteiger partial charge on any atom is -0.349 e. The van der Waals surface area contributed by atoms with E-state index in [1.165, 1.54) is 13.3 Å². The van der Waals surface area contributed by atoms with Gasteiger partial charge in [0.15, 0.2) is 0 Å². The van der Waals surface area contributed by atoms with Gasteiger partial charge in [0.1, 0.15) is 11.7 Å². The summed E-state index contributed by atoms with van der Waals surface area (Å²) >= 11 is 0. The van der Waals surface area contributed by atoms with Gasteiger partial charge in [-0.05, 0) is 19.8 Å². The van der Waals surface area contributed by atoms with Crippen molar-refractivity contribution in [3.05, 3.63) is 0 Å². The first-order valence-corrected chi connectivity index (χ1v) is 4.98. The van der Waals surface area contributed by atoms with E-state index in [4.69, 9.17) is 0 Å². The number of carbonyl (C=O) groups is 2. The molecule has 0 aromatic carbocycles. The molecule has 1 saturated carbocycles. The number of hydrogen-bond acceptors (Lipinski definition) is 2. The van der Waals surface area contributed by atoms with Gasteiger partial charge in [0.2, 0.25) is 5.91 Å². The van der Waals surface area contributed by atoms with Crippen molar-refractivity contribution in [1.82, 2.24) is 5.32 Å². The standard InChI is InChI=1S/C10H15NO2/c1-7(12)8-9(13)11-10(8)5-3-2-4-6-10/h8H,2-6H2,1H3,(H,11,13). The molecule has 0 radical (unpaired) electrons. The molecule has 13 heavy (non-hydrogen) atoms. The second-order valence-electron chi connectivity index (χ2n) is 4.25. The van der Waals surface area contributed by atoms with Gasteiger partial charge < -0.3 is 5.32 Å². The third-order valence-corrected chi connectivity index (χ3v) is 3.34. The second-order valence-corrected chi connectivity index (χ2v) is 4.25. The summed E-state index contributed by atoms with van der Waals surface area (Å²) < 4.78 is 0. The normalized spacial score (nSPS) is 30.8. The van der Waals surface area contributed by atoms with Crippen molar-refractivity contribution in [3.63, 3.8) is 0 Å². The van der Waals surface area contributed by atoms with Crippen molar-refractivity contribution in [2.75, 3.05) is 0 Å². The lowest BCUT2D eigenvalue weighted by atomic mass is 9.65. The number of rotatable bonds is 1. The molecular weight excluding hydrogens is 166 g/mol. The summed E-state index contributed by atoms with van der Waals surface area (Å²) in [7, 11) is 0. The van der Waals surface area contributed by atoms with Gasteiger partial charge >= 0.3 is 0 Å². The highest BCUT2D eigenvalue weighted by Gasteiger charge is 2.55. The summed E-state index contributed by atoms with van der Waals surface area (Å²) in [6, 6.07) is 0. The minimum atomic E-state index is -0.340. The largest absolute Gasteiger partial charge is 0.349 e. The summed E-state index contributed by atoms with van der Waals surface area (Å²) in [6.45, 7) is 1.53. The summed E-state index contributed by atoms with van der Waals surface area (Å²) in [5.74, 6) is -0.368. The monoisotopic (exact) mass is 181 g/mol. The summed E-state index contributed by atoms with van der Waals surface area (Å²) in [5, 5.41) is 2.93. The van der Waals surface area contributed by atoms with E-state index in [9.17, 15) is 9.59 Å². The molecule has 1 heterocycles. The Hall–Kier alpha value is -0.860. The Labute approximate surface area is 77.9 Å². The van der Waals surface area contributed by atoms with Crippen LogP contribution in [0.4, 0.5) is 0 Å². The van der Waals surface area contributed by atoms with Crippen LogP contribution >= 0.6 is 0 Å². The average Bonchev–Trinajstić information content (AvgIpc) is 2.03. The van der Waals surface area contributed by atoms with E-state index < -0.39 is 0 Å². The number of ketones is 1. The first kappa shape index (κ1) is 8.73. The number of carbonyl (C=O) groups excluding carboxylic acids is 2. The molecule has 1 saturated heterocycles. The Morgan fingerprint density at radius 2 is 2.00 bits per heavy atom. The quantitative estimate of drug-likeness (QED) is 0.485. The SMILES string of the molecule is CC(=O)C1C(=O)NC12CCCCC2. The summed E-state index contributed by atoms with van der Waals surface area (Å²) in [6.07, 6.45) is 5.50. The fraction of sp³-hybridized carbons (Fsp3) is 0.800. The zero-order valence-corrected chi connectivity index (χ0v) is 7.93. The van der Waals surface area contributed by atoms with Crippen LogP contribution in [-0.4, -0.2) is 17.2 Å². The highest BCUT2D eigenvalue weighted by atomic mass is 16.2. The second kappa shape index (κ2) is 2.82. The Bertz CT molecular complexity index is 246. The molecular formula is C10H15NO2. The average molecular weight is 181 g/mol. The van der Waals surface area contributed by atoms with Crippen molar-refractivity contribution in [3.8, 4) is 0 Å². The van der Waals surface area contributed by atoms with Crippen LogP contribution in [0.2, 0.25) is 0 Å². The first-order valence-electron chi connectivity index (χ1n) is 4.98. The van der Waals surface area contributed by atoms with Crippen LogP contribution < -0.4 is 5.32 Å². The van der Waals surface area contributed by atoms with Crippen molar-refractivity contribution in [2.45, 2.75) is 44.6 Å². The van der Waals surface area contributed by atoms with E-state index in [2.05, 4.69) is 5.32 Å². The molecule has 2 rings (SSSR count). The van der Waals surface area contributed by atoms with E-state index in [0.29, 0.717) is 0 Å². The van der Waals surface area contributed by atoms with Gasteiger partial charge in [0.05, 0.1) is 5.54 Å². The fourth-order valence-electron chi connectivity index (χ4n) is 2.73. The van der Waals surface area contributed by atoms with Crippen LogP contribution in [0, 0.1) is 5.92 Å². The van der Waals surface area contributed by atoms with Crippen LogP contribution in [0.1, 0.15) is 39.0 Å². The molecule has 3 nitrogen and oxygen atoms in total. The lowest BCUT2D eigenvalue weighted by Gasteiger charge is -2.50. The van der Waals surface area contributed by atoms with Crippen LogP contribution in [0.15, 0.2) is 0 Å². The van der Waals surface area contributed by atoms with Gasteiger partial charge in [-0.1, -0.05) is 19.3 Å². The summed E-state index contributed by atoms with van der Waals surface area (Å²) in [5.41, 5.74) is -0.138. The predicted octanol–water partition coefficient (Wildman–Crippen LogP) is 1.02. The highest BCUT2D eigenvalue weighted by Crippen LogP contribution is 2.40. The Balaban J connectivity index is 2.15. The molecule has 72 valence electrons. The van der Waals surface area contributed by atoms with Gasteiger partial charge in [0.25, 0.3) is 0 Å². The first-order chi connectivity index (χ1) is 6.16.